The van der Waals surface area contributed by atoms with Crippen molar-refractivity contribution >= 4 is 0 Å². The second-order valence-corrected chi connectivity index (χ2v) is 6.99. The van der Waals surface area contributed by atoms with Gasteiger partial charge in [0.2, 0.25) is 0 Å². The van der Waals surface area contributed by atoms with Gasteiger partial charge >= 0.3 is 21.7 Å². The molecule has 0 amide bonds. The molecule has 140 valence electrons. The van der Waals surface area contributed by atoms with E-state index in [1.807, 2.05) is 60.7 Å². The number of rotatable bonds is 2. The van der Waals surface area contributed by atoms with Crippen molar-refractivity contribution in [3.05, 3.63) is 133 Å². The first-order chi connectivity index (χ1) is 13.0. The molecule has 0 heterocycles. The third-order valence-corrected chi connectivity index (χ3v) is 4.42. The van der Waals surface area contributed by atoms with Crippen molar-refractivity contribution in [3.63, 3.8) is 0 Å². The maximum atomic E-state index is 3.72. The van der Waals surface area contributed by atoms with E-state index in [4.69, 9.17) is 0 Å². The van der Waals surface area contributed by atoms with Crippen LogP contribution in [0.15, 0.2) is 96.1 Å². The van der Waals surface area contributed by atoms with Crippen molar-refractivity contribution in [2.75, 3.05) is 0 Å². The summed E-state index contributed by atoms with van der Waals surface area (Å²) in [5, 5.41) is 0. The first-order valence-electron chi connectivity index (χ1n) is 9.30. The van der Waals surface area contributed by atoms with Crippen LogP contribution < -0.4 is 0 Å². The van der Waals surface area contributed by atoms with Gasteiger partial charge in [0.1, 0.15) is 0 Å². The summed E-state index contributed by atoms with van der Waals surface area (Å²) in [5.74, 6) is 0. The van der Waals surface area contributed by atoms with Gasteiger partial charge in [0, 0.05) is 0 Å². The Morgan fingerprint density at radius 3 is 1.25 bits per heavy atom. The van der Waals surface area contributed by atoms with Gasteiger partial charge in [-0.05, 0) is 0 Å². The minimum Gasteiger partial charge on any atom is -0.269 e. The smallest absolute Gasteiger partial charge is 0.269 e. The molecule has 2 aliphatic carbocycles. The fourth-order valence-electron chi connectivity index (χ4n) is 2.77. The summed E-state index contributed by atoms with van der Waals surface area (Å²) in [6, 6.07) is 19.7. The topological polar surface area (TPSA) is 0 Å². The molecule has 0 nitrogen and oxygen atoms in total. The van der Waals surface area contributed by atoms with E-state index in [-0.39, 0.29) is 27.1 Å². The second kappa shape index (κ2) is 12.3. The molecule has 2 aromatic rings. The molecule has 0 radical (unpaired) electrons. The number of benzene rings is 2. The number of hydrogen-bond donors (Lipinski definition) is 0. The van der Waals surface area contributed by atoms with Crippen molar-refractivity contribution in [2.24, 2.45) is 5.41 Å². The van der Waals surface area contributed by atoms with Crippen LogP contribution in [0, 0.1) is 31.4 Å². The third-order valence-electron chi connectivity index (χ3n) is 4.42. The first-order valence-corrected chi connectivity index (χ1v) is 9.30. The summed E-state index contributed by atoms with van der Waals surface area (Å²) in [6.07, 6.45) is 17.4. The van der Waals surface area contributed by atoms with Gasteiger partial charge < -0.3 is 0 Å². The van der Waals surface area contributed by atoms with Gasteiger partial charge in [0.15, 0.2) is 0 Å². The molecular weight excluding hydrogens is 372 g/mol. The molecule has 0 atom stereocenters. The van der Waals surface area contributed by atoms with Crippen molar-refractivity contribution < 1.29 is 21.7 Å². The van der Waals surface area contributed by atoms with E-state index in [2.05, 4.69) is 64.2 Å². The zero-order valence-corrected chi connectivity index (χ0v) is 18.5. The van der Waals surface area contributed by atoms with Crippen molar-refractivity contribution in [1.82, 2.24) is 0 Å². The molecule has 2 aromatic carbocycles. The van der Waals surface area contributed by atoms with E-state index in [0.717, 1.165) is 24.0 Å². The summed E-state index contributed by atoms with van der Waals surface area (Å²) in [5.41, 5.74) is 4.85. The predicted octanol–water partition coefficient (Wildman–Crippen LogP) is 7.13. The molecule has 4 rings (SSSR count). The maximum Gasteiger partial charge on any atom is 4.00 e. The zero-order chi connectivity index (χ0) is 19.5. The number of allylic oxidation sites excluding steroid dienone is 8. The van der Waals surface area contributed by atoms with Crippen LogP contribution in [0.5, 0.6) is 0 Å². The van der Waals surface area contributed by atoms with Crippen molar-refractivity contribution in [1.29, 1.82) is 0 Å². The van der Waals surface area contributed by atoms with Gasteiger partial charge in [0.05, 0.1) is 0 Å². The van der Waals surface area contributed by atoms with Crippen LogP contribution in [0.1, 0.15) is 37.8 Å². The molecule has 0 bridgehead atoms. The predicted molar refractivity (Wildman–Crippen MR) is 117 cm³/mol. The molecule has 0 N–H and O–H groups in total. The van der Waals surface area contributed by atoms with Crippen LogP contribution in [0.2, 0.25) is 0 Å². The summed E-state index contributed by atoms with van der Waals surface area (Å²) >= 11 is 0. The van der Waals surface area contributed by atoms with Gasteiger partial charge in [-0.15, -0.1) is 37.1 Å². The van der Waals surface area contributed by atoms with E-state index >= 15 is 0 Å². The van der Waals surface area contributed by atoms with E-state index in [1.165, 1.54) is 11.1 Å². The SMILES string of the molecule is CC(C)(C1=[C-]CC=C1)C1=[C-]CC=C1.[CH2-]c1ccccc1.[CH2-]c1ccccc1.[Ti+4]. The Kier molecular flexibility index (Phi) is 10.5. The summed E-state index contributed by atoms with van der Waals surface area (Å²) in [6.45, 7) is 11.9. The molecular formula is C27H28Ti. The van der Waals surface area contributed by atoms with Crippen LogP contribution in [-0.2, 0) is 21.7 Å². The van der Waals surface area contributed by atoms with E-state index in [0.29, 0.717) is 0 Å². The van der Waals surface area contributed by atoms with Crippen molar-refractivity contribution in [3.8, 4) is 0 Å². The molecule has 0 aromatic heterocycles. The molecule has 0 unspecified atom stereocenters. The Balaban J connectivity index is 0.000000224. The van der Waals surface area contributed by atoms with Crippen LogP contribution in [0.3, 0.4) is 0 Å². The maximum absolute atomic E-state index is 3.72. The second-order valence-electron chi connectivity index (χ2n) is 6.99. The van der Waals surface area contributed by atoms with Gasteiger partial charge in [-0.25, -0.2) is 23.3 Å². The molecule has 0 aliphatic heterocycles. The number of hydrogen-bond acceptors (Lipinski definition) is 0. The fourth-order valence-corrected chi connectivity index (χ4v) is 2.77. The summed E-state index contributed by atoms with van der Waals surface area (Å²) in [4.78, 5) is 0. The minimum atomic E-state index is 0. The average molecular weight is 400 g/mol. The van der Waals surface area contributed by atoms with Crippen LogP contribution >= 0.6 is 0 Å². The quantitative estimate of drug-likeness (QED) is 0.372. The van der Waals surface area contributed by atoms with E-state index in [9.17, 15) is 0 Å². The standard InChI is InChI=1S/C13H14.2C7H7.Ti/c1-13(2,11-7-3-4-8-11)12-9-5-6-10-12;2*1-7-5-3-2-4-6-7;/h3,5,7,9H,4,6H2,1-2H3;2*2-6H,1H2;/q-2;2*-1;+4. The largest absolute Gasteiger partial charge is 4.00 e. The molecule has 28 heavy (non-hydrogen) atoms. The Bertz CT molecular complexity index is 736. The molecule has 0 spiro atoms. The monoisotopic (exact) mass is 400 g/mol. The fraction of sp³-hybridized carbons (Fsp3) is 0.185. The summed E-state index contributed by atoms with van der Waals surface area (Å²) < 4.78 is 0. The van der Waals surface area contributed by atoms with E-state index in [1.54, 1.807) is 0 Å². The van der Waals surface area contributed by atoms with Gasteiger partial charge in [-0.3, -0.25) is 12.2 Å². The van der Waals surface area contributed by atoms with Crippen molar-refractivity contribution in [2.45, 2.75) is 26.7 Å². The first kappa shape index (κ1) is 23.9. The minimum absolute atomic E-state index is 0. The normalized spacial score (nSPS) is 13.9. The molecule has 0 saturated carbocycles. The Morgan fingerprint density at radius 2 is 1.04 bits per heavy atom. The zero-order valence-electron chi connectivity index (χ0n) is 16.9. The Labute approximate surface area is 186 Å². The summed E-state index contributed by atoms with van der Waals surface area (Å²) in [7, 11) is 0. The van der Waals surface area contributed by atoms with Gasteiger partial charge in [-0.2, -0.15) is 61.4 Å². The molecule has 2 aliphatic rings. The molecule has 1 heteroatoms. The van der Waals surface area contributed by atoms with Gasteiger partial charge in [-0.1, -0.05) is 31.4 Å². The molecule has 0 fully saturated rings. The van der Waals surface area contributed by atoms with Crippen LogP contribution in [0.4, 0.5) is 0 Å². The van der Waals surface area contributed by atoms with Gasteiger partial charge in [0.25, 0.3) is 0 Å². The van der Waals surface area contributed by atoms with E-state index < -0.39 is 0 Å². The Hall–Kier alpha value is -2.15. The van der Waals surface area contributed by atoms with Crippen LogP contribution in [0.25, 0.3) is 0 Å². The Morgan fingerprint density at radius 1 is 0.679 bits per heavy atom. The van der Waals surface area contributed by atoms with Crippen LogP contribution in [-0.4, -0.2) is 0 Å². The molecule has 0 saturated heterocycles. The third kappa shape index (κ3) is 7.84. The average Bonchev–Trinajstić information content (AvgIpc) is 3.39.